The smallest absolute Gasteiger partial charge is 0.387 e. The minimum Gasteiger partial charge on any atom is -0.433 e. The summed E-state index contributed by atoms with van der Waals surface area (Å²) in [5, 5.41) is 12.7. The number of ether oxygens (including phenoxy) is 1. The van der Waals surface area contributed by atoms with Gasteiger partial charge in [-0.25, -0.2) is 4.98 Å². The van der Waals surface area contributed by atoms with Crippen molar-refractivity contribution in [3.63, 3.8) is 0 Å². The standard InChI is InChI=1S/C13H18F2N2O2/c1-13(8-18)6-2-3-10(13)17-11-5-4-9(7-16-11)19-12(14)15/h4-5,7,10,12,18H,2-3,6,8H2,1H3,(H,16,17)/t10-,13-/m1/s1. The van der Waals surface area contributed by atoms with Crippen LogP contribution in [0.3, 0.4) is 0 Å². The summed E-state index contributed by atoms with van der Waals surface area (Å²) < 4.78 is 28.2. The van der Waals surface area contributed by atoms with Crippen molar-refractivity contribution in [3.8, 4) is 5.75 Å². The molecule has 2 N–H and O–H groups in total. The quantitative estimate of drug-likeness (QED) is 0.865. The fourth-order valence-electron chi connectivity index (χ4n) is 2.49. The third-order valence-corrected chi connectivity index (χ3v) is 3.73. The van der Waals surface area contributed by atoms with E-state index in [1.54, 1.807) is 6.07 Å². The van der Waals surface area contributed by atoms with Crippen LogP contribution in [-0.4, -0.2) is 29.4 Å². The molecule has 0 bridgehead atoms. The van der Waals surface area contributed by atoms with Crippen LogP contribution in [0, 0.1) is 5.41 Å². The number of alkyl halides is 2. The zero-order valence-electron chi connectivity index (χ0n) is 10.8. The van der Waals surface area contributed by atoms with E-state index in [0.29, 0.717) is 5.82 Å². The molecule has 1 aliphatic carbocycles. The van der Waals surface area contributed by atoms with Crippen molar-refractivity contribution in [1.29, 1.82) is 0 Å². The molecule has 1 aromatic heterocycles. The molecule has 4 nitrogen and oxygen atoms in total. The van der Waals surface area contributed by atoms with Crippen molar-refractivity contribution in [2.45, 2.75) is 38.8 Å². The van der Waals surface area contributed by atoms with Gasteiger partial charge in [0.1, 0.15) is 11.6 Å². The lowest BCUT2D eigenvalue weighted by molar-refractivity contribution is -0.0500. The maximum Gasteiger partial charge on any atom is 0.387 e. The van der Waals surface area contributed by atoms with Gasteiger partial charge in [0.05, 0.1) is 12.8 Å². The number of rotatable bonds is 5. The molecule has 1 aromatic rings. The van der Waals surface area contributed by atoms with E-state index in [9.17, 15) is 13.9 Å². The van der Waals surface area contributed by atoms with Gasteiger partial charge in [-0.1, -0.05) is 13.3 Å². The van der Waals surface area contributed by atoms with Gasteiger partial charge < -0.3 is 15.2 Å². The first-order valence-electron chi connectivity index (χ1n) is 6.32. The van der Waals surface area contributed by atoms with Gasteiger partial charge in [0.15, 0.2) is 0 Å². The Bertz CT molecular complexity index is 414. The summed E-state index contributed by atoms with van der Waals surface area (Å²) in [7, 11) is 0. The van der Waals surface area contributed by atoms with Gasteiger partial charge >= 0.3 is 6.61 Å². The predicted molar refractivity (Wildman–Crippen MR) is 67.3 cm³/mol. The SMILES string of the molecule is C[C@]1(CO)CCC[C@H]1Nc1ccc(OC(F)F)cn1. The Kier molecular flexibility index (Phi) is 4.19. The van der Waals surface area contributed by atoms with Crippen LogP contribution >= 0.6 is 0 Å². The number of halogens is 2. The zero-order valence-corrected chi connectivity index (χ0v) is 10.8. The van der Waals surface area contributed by atoms with E-state index in [1.807, 2.05) is 6.92 Å². The van der Waals surface area contributed by atoms with Crippen molar-refractivity contribution in [2.75, 3.05) is 11.9 Å². The van der Waals surface area contributed by atoms with Crippen LogP contribution in [0.4, 0.5) is 14.6 Å². The summed E-state index contributed by atoms with van der Waals surface area (Å²) in [6.45, 7) is -0.684. The highest BCUT2D eigenvalue weighted by atomic mass is 19.3. The van der Waals surface area contributed by atoms with Crippen molar-refractivity contribution in [2.24, 2.45) is 5.41 Å². The lowest BCUT2D eigenvalue weighted by atomic mass is 9.86. The molecular weight excluding hydrogens is 254 g/mol. The van der Waals surface area contributed by atoms with Crippen molar-refractivity contribution in [3.05, 3.63) is 18.3 Å². The Balaban J connectivity index is 1.99. The second kappa shape index (κ2) is 5.69. The largest absolute Gasteiger partial charge is 0.433 e. The van der Waals surface area contributed by atoms with E-state index >= 15 is 0 Å². The van der Waals surface area contributed by atoms with E-state index < -0.39 is 6.61 Å². The first-order valence-corrected chi connectivity index (χ1v) is 6.32. The van der Waals surface area contributed by atoms with Crippen LogP contribution in [0.25, 0.3) is 0 Å². The molecule has 0 saturated heterocycles. The van der Waals surface area contributed by atoms with Crippen molar-refractivity contribution >= 4 is 5.82 Å². The molecule has 0 spiro atoms. The topological polar surface area (TPSA) is 54.4 Å². The number of aromatic nitrogens is 1. The minimum absolute atomic E-state index is 0.0388. The normalized spacial score (nSPS) is 26.7. The van der Waals surface area contributed by atoms with E-state index in [2.05, 4.69) is 15.0 Å². The molecule has 1 fully saturated rings. The number of anilines is 1. The molecule has 1 saturated carbocycles. The molecule has 106 valence electrons. The molecule has 6 heteroatoms. The molecule has 0 aliphatic heterocycles. The Hall–Kier alpha value is -1.43. The number of hydrogen-bond donors (Lipinski definition) is 2. The number of nitrogens with one attached hydrogen (secondary N) is 1. The number of pyridine rings is 1. The van der Waals surface area contributed by atoms with Crippen LogP contribution in [-0.2, 0) is 0 Å². The Morgan fingerprint density at radius 1 is 1.58 bits per heavy atom. The first-order chi connectivity index (χ1) is 9.03. The molecule has 19 heavy (non-hydrogen) atoms. The molecule has 0 unspecified atom stereocenters. The monoisotopic (exact) mass is 272 g/mol. The minimum atomic E-state index is -2.84. The summed E-state index contributed by atoms with van der Waals surface area (Å²) in [4.78, 5) is 4.04. The van der Waals surface area contributed by atoms with E-state index in [0.717, 1.165) is 19.3 Å². The van der Waals surface area contributed by atoms with Gasteiger partial charge in [-0.2, -0.15) is 8.78 Å². The van der Waals surface area contributed by atoms with E-state index in [1.165, 1.54) is 12.3 Å². The fraction of sp³-hybridized carbons (Fsp3) is 0.615. The fourth-order valence-corrected chi connectivity index (χ4v) is 2.49. The van der Waals surface area contributed by atoms with Gasteiger partial charge in [0.2, 0.25) is 0 Å². The van der Waals surface area contributed by atoms with E-state index in [-0.39, 0.29) is 23.8 Å². The highest BCUT2D eigenvalue weighted by molar-refractivity contribution is 5.39. The molecule has 2 atom stereocenters. The molecule has 2 rings (SSSR count). The number of hydrogen-bond acceptors (Lipinski definition) is 4. The first kappa shape index (κ1) is 14.0. The number of nitrogens with zero attached hydrogens (tertiary/aromatic N) is 1. The third-order valence-electron chi connectivity index (χ3n) is 3.73. The molecule has 0 amide bonds. The van der Waals surface area contributed by atoms with Crippen LogP contribution in [0.15, 0.2) is 18.3 Å². The van der Waals surface area contributed by atoms with Crippen molar-refractivity contribution < 1.29 is 18.6 Å². The van der Waals surface area contributed by atoms with Crippen LogP contribution in [0.5, 0.6) is 5.75 Å². The number of aliphatic hydroxyl groups is 1. The highest BCUT2D eigenvalue weighted by Gasteiger charge is 2.38. The summed E-state index contributed by atoms with van der Waals surface area (Å²) in [6, 6.07) is 3.20. The maximum atomic E-state index is 12.0. The van der Waals surface area contributed by atoms with Gasteiger partial charge in [0.25, 0.3) is 0 Å². The molecular formula is C13H18F2N2O2. The Morgan fingerprint density at radius 3 is 2.95 bits per heavy atom. The Labute approximate surface area is 110 Å². The lowest BCUT2D eigenvalue weighted by Gasteiger charge is -2.30. The van der Waals surface area contributed by atoms with Gasteiger partial charge in [-0.15, -0.1) is 0 Å². The number of aliphatic hydroxyl groups excluding tert-OH is 1. The highest BCUT2D eigenvalue weighted by Crippen LogP contribution is 2.39. The van der Waals surface area contributed by atoms with Crippen LogP contribution < -0.4 is 10.1 Å². The summed E-state index contributed by atoms with van der Waals surface area (Å²) in [5.41, 5.74) is -0.153. The van der Waals surface area contributed by atoms with Crippen molar-refractivity contribution in [1.82, 2.24) is 4.98 Å². The average Bonchev–Trinajstić information content (AvgIpc) is 2.74. The van der Waals surface area contributed by atoms with Gasteiger partial charge in [0, 0.05) is 11.5 Å². The molecule has 0 aromatic carbocycles. The third kappa shape index (κ3) is 3.32. The predicted octanol–water partition coefficient (Wildman–Crippen LogP) is 2.65. The van der Waals surface area contributed by atoms with E-state index in [4.69, 9.17) is 0 Å². The summed E-state index contributed by atoms with van der Waals surface area (Å²) in [5.74, 6) is 0.644. The molecule has 1 aliphatic rings. The van der Waals surface area contributed by atoms with Gasteiger partial charge in [-0.3, -0.25) is 0 Å². The van der Waals surface area contributed by atoms with Gasteiger partial charge in [-0.05, 0) is 25.0 Å². The second-order valence-corrected chi connectivity index (χ2v) is 5.16. The summed E-state index contributed by atoms with van der Waals surface area (Å²) >= 11 is 0. The second-order valence-electron chi connectivity index (χ2n) is 5.16. The summed E-state index contributed by atoms with van der Waals surface area (Å²) in [6.07, 6.45) is 4.25. The molecule has 1 heterocycles. The lowest BCUT2D eigenvalue weighted by Crippen LogP contribution is -2.36. The molecule has 0 radical (unpaired) electrons. The zero-order chi connectivity index (χ0) is 13.9. The average molecular weight is 272 g/mol. The van der Waals surface area contributed by atoms with Crippen LogP contribution in [0.1, 0.15) is 26.2 Å². The van der Waals surface area contributed by atoms with Crippen LogP contribution in [0.2, 0.25) is 0 Å². The Morgan fingerprint density at radius 2 is 2.37 bits per heavy atom. The maximum absolute atomic E-state index is 12.0.